The molecule has 2 N–H and O–H groups in total. The molecule has 0 spiro atoms. The van der Waals surface area contributed by atoms with Crippen LogP contribution in [0, 0.1) is 17.6 Å². The molecular formula is C17H19F2N3O. The van der Waals surface area contributed by atoms with Gasteiger partial charge in [0.2, 0.25) is 0 Å². The van der Waals surface area contributed by atoms with Gasteiger partial charge < -0.3 is 10.6 Å². The van der Waals surface area contributed by atoms with E-state index in [2.05, 4.69) is 29.5 Å². The van der Waals surface area contributed by atoms with Crippen LogP contribution in [0.5, 0.6) is 0 Å². The third-order valence-corrected chi connectivity index (χ3v) is 3.24. The first kappa shape index (κ1) is 16.9. The number of carbonyl (C=O) groups is 1. The van der Waals surface area contributed by atoms with Crippen molar-refractivity contribution in [2.24, 2.45) is 5.92 Å². The highest BCUT2D eigenvalue weighted by Crippen LogP contribution is 2.19. The summed E-state index contributed by atoms with van der Waals surface area (Å²) in [4.78, 5) is 16.1. The molecule has 0 bridgehead atoms. The molecule has 2 aromatic rings. The second-order valence-electron chi connectivity index (χ2n) is 5.59. The fourth-order valence-corrected chi connectivity index (χ4v) is 1.96. The topological polar surface area (TPSA) is 54.0 Å². The van der Waals surface area contributed by atoms with Gasteiger partial charge in [0.25, 0.3) is 5.91 Å². The van der Waals surface area contributed by atoms with E-state index in [1.807, 2.05) is 0 Å². The number of benzene rings is 1. The highest BCUT2D eigenvalue weighted by Gasteiger charge is 2.14. The van der Waals surface area contributed by atoms with Crippen LogP contribution < -0.4 is 10.6 Å². The molecule has 4 nitrogen and oxygen atoms in total. The van der Waals surface area contributed by atoms with Crippen molar-refractivity contribution in [2.45, 2.75) is 20.3 Å². The third kappa shape index (κ3) is 4.74. The summed E-state index contributed by atoms with van der Waals surface area (Å²) in [6, 6.07) is 6.68. The van der Waals surface area contributed by atoms with Crippen LogP contribution in [-0.2, 0) is 0 Å². The Morgan fingerprint density at radius 2 is 1.91 bits per heavy atom. The standard InChI is InChI=1S/C17H19F2N3O/c1-11(2)6-8-20-12-7-9-21-15(10-12)17(23)22-16-13(18)4-3-5-14(16)19/h3-5,7,9-11H,6,8H2,1-2H3,(H,20,21)(H,22,23). The number of anilines is 2. The minimum atomic E-state index is -0.829. The van der Waals surface area contributed by atoms with E-state index in [0.29, 0.717) is 5.92 Å². The summed E-state index contributed by atoms with van der Waals surface area (Å²) >= 11 is 0. The zero-order valence-electron chi connectivity index (χ0n) is 13.1. The number of nitrogens with zero attached hydrogens (tertiary/aromatic N) is 1. The summed E-state index contributed by atoms with van der Waals surface area (Å²) in [6.07, 6.45) is 2.47. The molecular weight excluding hydrogens is 300 g/mol. The molecule has 0 saturated heterocycles. The zero-order valence-corrected chi connectivity index (χ0v) is 13.1. The van der Waals surface area contributed by atoms with Gasteiger partial charge in [-0.3, -0.25) is 9.78 Å². The van der Waals surface area contributed by atoms with Crippen LogP contribution >= 0.6 is 0 Å². The summed E-state index contributed by atoms with van der Waals surface area (Å²) in [6.45, 7) is 5.01. The van der Waals surface area contributed by atoms with E-state index in [9.17, 15) is 13.6 Å². The minimum absolute atomic E-state index is 0.0854. The molecule has 0 saturated carbocycles. The van der Waals surface area contributed by atoms with E-state index in [-0.39, 0.29) is 5.69 Å². The summed E-state index contributed by atoms with van der Waals surface area (Å²) in [7, 11) is 0. The molecule has 122 valence electrons. The molecule has 1 aromatic heterocycles. The van der Waals surface area contributed by atoms with Gasteiger partial charge in [-0.2, -0.15) is 0 Å². The molecule has 23 heavy (non-hydrogen) atoms. The quantitative estimate of drug-likeness (QED) is 0.844. The van der Waals surface area contributed by atoms with Gasteiger partial charge in [0.15, 0.2) is 0 Å². The number of aromatic nitrogens is 1. The number of hydrogen-bond acceptors (Lipinski definition) is 3. The van der Waals surface area contributed by atoms with Crippen molar-refractivity contribution in [3.8, 4) is 0 Å². The maximum Gasteiger partial charge on any atom is 0.274 e. The second-order valence-corrected chi connectivity index (χ2v) is 5.59. The number of carbonyl (C=O) groups excluding carboxylic acids is 1. The first-order chi connectivity index (χ1) is 11.0. The van der Waals surface area contributed by atoms with E-state index in [1.165, 1.54) is 12.3 Å². The van der Waals surface area contributed by atoms with E-state index >= 15 is 0 Å². The van der Waals surface area contributed by atoms with Crippen LogP contribution in [0.15, 0.2) is 36.5 Å². The Bertz CT molecular complexity index is 669. The van der Waals surface area contributed by atoms with Crippen LogP contribution in [0.25, 0.3) is 0 Å². The highest BCUT2D eigenvalue weighted by molar-refractivity contribution is 6.03. The molecule has 6 heteroatoms. The molecule has 0 fully saturated rings. The van der Waals surface area contributed by atoms with Crippen LogP contribution in [0.4, 0.5) is 20.2 Å². The maximum atomic E-state index is 13.6. The Morgan fingerprint density at radius 3 is 2.57 bits per heavy atom. The lowest BCUT2D eigenvalue weighted by Crippen LogP contribution is -2.16. The van der Waals surface area contributed by atoms with Crippen molar-refractivity contribution < 1.29 is 13.6 Å². The van der Waals surface area contributed by atoms with Gasteiger partial charge in [0.1, 0.15) is 23.0 Å². The fourth-order valence-electron chi connectivity index (χ4n) is 1.96. The van der Waals surface area contributed by atoms with Gasteiger partial charge in [-0.15, -0.1) is 0 Å². The molecule has 1 amide bonds. The highest BCUT2D eigenvalue weighted by atomic mass is 19.1. The Hall–Kier alpha value is -2.50. The Kier molecular flexibility index (Phi) is 5.62. The van der Waals surface area contributed by atoms with Crippen molar-refractivity contribution in [3.63, 3.8) is 0 Å². The Morgan fingerprint density at radius 1 is 1.22 bits per heavy atom. The Balaban J connectivity index is 2.08. The predicted octanol–water partition coefficient (Wildman–Crippen LogP) is 4.07. The van der Waals surface area contributed by atoms with Gasteiger partial charge >= 0.3 is 0 Å². The lowest BCUT2D eigenvalue weighted by Gasteiger charge is -2.10. The average molecular weight is 319 g/mol. The summed E-state index contributed by atoms with van der Waals surface area (Å²) in [5.74, 6) is -1.76. The number of halogens is 2. The largest absolute Gasteiger partial charge is 0.385 e. The number of hydrogen-bond donors (Lipinski definition) is 2. The van der Waals surface area contributed by atoms with E-state index in [0.717, 1.165) is 30.8 Å². The van der Waals surface area contributed by atoms with Gasteiger partial charge in [-0.05, 0) is 36.6 Å². The molecule has 1 aromatic carbocycles. The van der Waals surface area contributed by atoms with Crippen molar-refractivity contribution in [1.29, 1.82) is 0 Å². The maximum absolute atomic E-state index is 13.6. The molecule has 0 aliphatic heterocycles. The number of pyridine rings is 1. The second kappa shape index (κ2) is 7.67. The molecule has 0 unspecified atom stereocenters. The lowest BCUT2D eigenvalue weighted by atomic mass is 10.1. The van der Waals surface area contributed by atoms with Gasteiger partial charge in [-0.1, -0.05) is 19.9 Å². The normalized spacial score (nSPS) is 10.7. The van der Waals surface area contributed by atoms with Gasteiger partial charge in [0.05, 0.1) is 0 Å². The summed E-state index contributed by atoms with van der Waals surface area (Å²) in [5, 5.41) is 5.41. The van der Waals surface area contributed by atoms with E-state index < -0.39 is 23.2 Å². The lowest BCUT2D eigenvalue weighted by molar-refractivity contribution is 0.102. The van der Waals surface area contributed by atoms with Crippen LogP contribution in [0.2, 0.25) is 0 Å². The zero-order chi connectivity index (χ0) is 16.8. The SMILES string of the molecule is CC(C)CCNc1ccnc(C(=O)Nc2c(F)cccc2F)c1. The summed E-state index contributed by atoms with van der Waals surface area (Å²) in [5.41, 5.74) is 0.347. The molecule has 0 radical (unpaired) electrons. The van der Waals surface area contributed by atoms with Crippen molar-refractivity contribution in [1.82, 2.24) is 4.98 Å². The van der Waals surface area contributed by atoms with E-state index in [1.54, 1.807) is 12.1 Å². The first-order valence-electron chi connectivity index (χ1n) is 7.42. The number of rotatable bonds is 6. The third-order valence-electron chi connectivity index (χ3n) is 3.24. The van der Waals surface area contributed by atoms with Crippen LogP contribution in [0.3, 0.4) is 0 Å². The monoisotopic (exact) mass is 319 g/mol. The van der Waals surface area contributed by atoms with Crippen LogP contribution in [-0.4, -0.2) is 17.4 Å². The molecule has 0 atom stereocenters. The van der Waals surface area contributed by atoms with Crippen molar-refractivity contribution in [2.75, 3.05) is 17.2 Å². The molecule has 2 rings (SSSR count). The Labute approximate surface area is 133 Å². The van der Waals surface area contributed by atoms with Crippen LogP contribution in [0.1, 0.15) is 30.8 Å². The smallest absolute Gasteiger partial charge is 0.274 e. The number of nitrogens with one attached hydrogen (secondary N) is 2. The molecule has 0 aliphatic carbocycles. The van der Waals surface area contributed by atoms with Gasteiger partial charge in [-0.25, -0.2) is 8.78 Å². The van der Waals surface area contributed by atoms with Gasteiger partial charge in [0, 0.05) is 18.4 Å². The van der Waals surface area contributed by atoms with Crippen molar-refractivity contribution in [3.05, 3.63) is 53.9 Å². The molecule has 1 heterocycles. The number of para-hydroxylation sites is 1. The molecule has 0 aliphatic rings. The summed E-state index contributed by atoms with van der Waals surface area (Å²) < 4.78 is 27.1. The first-order valence-corrected chi connectivity index (χ1v) is 7.42. The fraction of sp³-hybridized carbons (Fsp3) is 0.294. The minimum Gasteiger partial charge on any atom is -0.385 e. The predicted molar refractivity (Wildman–Crippen MR) is 86.5 cm³/mol. The number of amides is 1. The van der Waals surface area contributed by atoms with Crippen molar-refractivity contribution >= 4 is 17.3 Å². The van der Waals surface area contributed by atoms with E-state index in [4.69, 9.17) is 0 Å². The average Bonchev–Trinajstić information content (AvgIpc) is 2.51.